The molecule has 1 N–H and O–H groups in total. The second-order valence-electron chi connectivity index (χ2n) is 5.55. The van der Waals surface area contributed by atoms with Crippen molar-refractivity contribution in [2.75, 3.05) is 6.54 Å². The van der Waals surface area contributed by atoms with Crippen molar-refractivity contribution >= 4 is 5.91 Å². The number of carbonyl (C=O) groups is 1. The molecule has 3 rings (SSSR count). The molecule has 2 heterocycles. The van der Waals surface area contributed by atoms with Gasteiger partial charge in [0.2, 0.25) is 0 Å². The van der Waals surface area contributed by atoms with Gasteiger partial charge >= 0.3 is 0 Å². The lowest BCUT2D eigenvalue weighted by molar-refractivity contribution is 0.0947. The Morgan fingerprint density at radius 1 is 1.28 bits per heavy atom. The van der Waals surface area contributed by atoms with Gasteiger partial charge in [0.25, 0.3) is 11.5 Å². The average Bonchev–Trinajstić information content (AvgIpc) is 3.14. The molecule has 1 unspecified atom stereocenters. The summed E-state index contributed by atoms with van der Waals surface area (Å²) in [4.78, 5) is 24.1. The Balaban J connectivity index is 1.73. The number of nitrogens with one attached hydrogen (secondary N) is 1. The van der Waals surface area contributed by atoms with Gasteiger partial charge in [0.05, 0.1) is 12.3 Å². The fraction of sp³-hybridized carbons (Fsp3) is 0.167. The van der Waals surface area contributed by atoms with Crippen molar-refractivity contribution in [3.05, 3.63) is 76.5 Å². The van der Waals surface area contributed by atoms with Gasteiger partial charge in [-0.3, -0.25) is 9.59 Å². The molecule has 0 aliphatic heterocycles. The Bertz CT molecular complexity index is 935. The topological polar surface area (TPSA) is 77.1 Å². The van der Waals surface area contributed by atoms with E-state index in [-0.39, 0.29) is 23.7 Å². The highest BCUT2D eigenvalue weighted by molar-refractivity contribution is 5.94. The largest absolute Gasteiger partial charge is 0.463 e. The molecule has 1 atom stereocenters. The summed E-state index contributed by atoms with van der Waals surface area (Å²) < 4.78 is 19.7. The number of hydrogen-bond acceptors (Lipinski definition) is 4. The molecule has 1 aromatic carbocycles. The van der Waals surface area contributed by atoms with Crippen LogP contribution < -0.4 is 10.9 Å². The van der Waals surface area contributed by atoms with Crippen LogP contribution in [0.4, 0.5) is 4.39 Å². The van der Waals surface area contributed by atoms with Gasteiger partial charge in [0, 0.05) is 18.2 Å². The van der Waals surface area contributed by atoms with Gasteiger partial charge < -0.3 is 9.73 Å². The zero-order valence-corrected chi connectivity index (χ0v) is 13.5. The van der Waals surface area contributed by atoms with E-state index in [1.54, 1.807) is 25.1 Å². The number of carbonyl (C=O) groups excluding carboxylic acids is 1. The number of furan rings is 1. The summed E-state index contributed by atoms with van der Waals surface area (Å²) in [5.41, 5.74) is 0.451. The number of hydrogen-bond donors (Lipinski definition) is 1. The number of benzene rings is 1. The Kier molecular flexibility index (Phi) is 4.74. The SMILES string of the molecule is CC(CNC(=O)c1cccc(F)c1)n1nc(-c2ccco2)ccc1=O. The van der Waals surface area contributed by atoms with Crippen molar-refractivity contribution in [1.29, 1.82) is 0 Å². The van der Waals surface area contributed by atoms with Crippen LogP contribution in [0.2, 0.25) is 0 Å². The van der Waals surface area contributed by atoms with Crippen LogP contribution in [-0.2, 0) is 0 Å². The first-order chi connectivity index (χ1) is 12.0. The number of aromatic nitrogens is 2. The normalized spacial score (nSPS) is 11.9. The quantitative estimate of drug-likeness (QED) is 0.774. The molecular formula is C18H16FN3O3. The summed E-state index contributed by atoms with van der Waals surface area (Å²) in [6, 6.07) is 11.5. The second kappa shape index (κ2) is 7.12. The molecule has 0 aliphatic rings. The monoisotopic (exact) mass is 341 g/mol. The van der Waals surface area contributed by atoms with E-state index in [0.29, 0.717) is 11.5 Å². The second-order valence-corrected chi connectivity index (χ2v) is 5.55. The fourth-order valence-corrected chi connectivity index (χ4v) is 2.36. The summed E-state index contributed by atoms with van der Waals surface area (Å²) in [7, 11) is 0. The average molecular weight is 341 g/mol. The van der Waals surface area contributed by atoms with E-state index in [0.717, 1.165) is 6.07 Å². The minimum atomic E-state index is -0.482. The predicted octanol–water partition coefficient (Wildman–Crippen LogP) is 2.63. The maximum atomic E-state index is 13.2. The van der Waals surface area contributed by atoms with E-state index in [4.69, 9.17) is 4.42 Å². The van der Waals surface area contributed by atoms with Crippen LogP contribution in [0.3, 0.4) is 0 Å². The van der Waals surface area contributed by atoms with Crippen LogP contribution in [0.15, 0.2) is 64.0 Å². The molecule has 128 valence electrons. The molecule has 7 heteroatoms. The minimum Gasteiger partial charge on any atom is -0.463 e. The summed E-state index contributed by atoms with van der Waals surface area (Å²) in [5.74, 6) is -0.351. The summed E-state index contributed by atoms with van der Waals surface area (Å²) in [6.45, 7) is 1.93. The Morgan fingerprint density at radius 2 is 2.12 bits per heavy atom. The number of amides is 1. The van der Waals surface area contributed by atoms with Crippen molar-refractivity contribution in [2.24, 2.45) is 0 Å². The summed E-state index contributed by atoms with van der Waals surface area (Å²) >= 11 is 0. The molecule has 1 amide bonds. The number of rotatable bonds is 5. The molecule has 25 heavy (non-hydrogen) atoms. The molecule has 2 aromatic heterocycles. The molecule has 0 radical (unpaired) electrons. The third kappa shape index (κ3) is 3.82. The van der Waals surface area contributed by atoms with Crippen molar-refractivity contribution in [3.8, 4) is 11.5 Å². The smallest absolute Gasteiger partial charge is 0.267 e. The highest BCUT2D eigenvalue weighted by atomic mass is 19.1. The van der Waals surface area contributed by atoms with E-state index >= 15 is 0 Å². The van der Waals surface area contributed by atoms with Gasteiger partial charge in [-0.1, -0.05) is 6.07 Å². The van der Waals surface area contributed by atoms with Crippen molar-refractivity contribution < 1.29 is 13.6 Å². The van der Waals surface area contributed by atoms with Gasteiger partial charge in [-0.25, -0.2) is 9.07 Å². The molecule has 0 aliphatic carbocycles. The highest BCUT2D eigenvalue weighted by Gasteiger charge is 2.13. The van der Waals surface area contributed by atoms with Gasteiger partial charge in [-0.15, -0.1) is 0 Å². The third-order valence-electron chi connectivity index (χ3n) is 3.66. The minimum absolute atomic E-state index is 0.170. The van der Waals surface area contributed by atoms with E-state index < -0.39 is 11.7 Å². The third-order valence-corrected chi connectivity index (χ3v) is 3.66. The molecule has 6 nitrogen and oxygen atoms in total. The van der Waals surface area contributed by atoms with Gasteiger partial charge in [-0.2, -0.15) is 5.10 Å². The van der Waals surface area contributed by atoms with Gasteiger partial charge in [-0.05, 0) is 43.3 Å². The Morgan fingerprint density at radius 3 is 2.84 bits per heavy atom. The number of halogens is 1. The Hall–Kier alpha value is -3.22. The lowest BCUT2D eigenvalue weighted by atomic mass is 10.2. The highest BCUT2D eigenvalue weighted by Crippen LogP contribution is 2.16. The van der Waals surface area contributed by atoms with Crippen LogP contribution in [0.25, 0.3) is 11.5 Å². The van der Waals surface area contributed by atoms with Crippen LogP contribution in [-0.4, -0.2) is 22.2 Å². The van der Waals surface area contributed by atoms with E-state index in [1.807, 2.05) is 0 Å². The fourth-order valence-electron chi connectivity index (χ4n) is 2.36. The summed E-state index contributed by atoms with van der Waals surface area (Å²) in [6.07, 6.45) is 1.52. The molecule has 3 aromatic rings. The van der Waals surface area contributed by atoms with E-state index in [9.17, 15) is 14.0 Å². The van der Waals surface area contributed by atoms with E-state index in [1.165, 1.54) is 35.2 Å². The van der Waals surface area contributed by atoms with Crippen molar-refractivity contribution in [2.45, 2.75) is 13.0 Å². The first-order valence-electron chi connectivity index (χ1n) is 7.72. The zero-order chi connectivity index (χ0) is 17.8. The molecule has 0 bridgehead atoms. The van der Waals surface area contributed by atoms with Crippen molar-refractivity contribution in [1.82, 2.24) is 15.1 Å². The lowest BCUT2D eigenvalue weighted by Gasteiger charge is -2.15. The van der Waals surface area contributed by atoms with Crippen molar-refractivity contribution in [3.63, 3.8) is 0 Å². The molecule has 0 fully saturated rings. The van der Waals surface area contributed by atoms with Crippen LogP contribution in [0.1, 0.15) is 23.3 Å². The predicted molar refractivity (Wildman–Crippen MR) is 89.6 cm³/mol. The van der Waals surface area contributed by atoms with Gasteiger partial charge in [0.15, 0.2) is 5.76 Å². The Labute approximate surface area is 142 Å². The standard InChI is InChI=1S/C18H16FN3O3/c1-12(11-20-18(24)13-4-2-5-14(19)10-13)22-17(23)8-7-15(21-22)16-6-3-9-25-16/h2-10,12H,11H2,1H3,(H,20,24). The van der Waals surface area contributed by atoms with Crippen LogP contribution >= 0.6 is 0 Å². The first-order valence-corrected chi connectivity index (χ1v) is 7.72. The molecule has 0 spiro atoms. The maximum absolute atomic E-state index is 13.2. The lowest BCUT2D eigenvalue weighted by Crippen LogP contribution is -2.34. The zero-order valence-electron chi connectivity index (χ0n) is 13.5. The first kappa shape index (κ1) is 16.6. The molecule has 0 saturated heterocycles. The van der Waals surface area contributed by atoms with Crippen LogP contribution in [0.5, 0.6) is 0 Å². The number of nitrogens with zero attached hydrogens (tertiary/aromatic N) is 2. The van der Waals surface area contributed by atoms with Crippen LogP contribution in [0, 0.1) is 5.82 Å². The molecule has 0 saturated carbocycles. The van der Waals surface area contributed by atoms with E-state index in [2.05, 4.69) is 10.4 Å². The maximum Gasteiger partial charge on any atom is 0.267 e. The van der Waals surface area contributed by atoms with Gasteiger partial charge in [0.1, 0.15) is 11.5 Å². The summed E-state index contributed by atoms with van der Waals surface area (Å²) in [5, 5.41) is 6.96. The molecular weight excluding hydrogens is 325 g/mol.